The van der Waals surface area contributed by atoms with E-state index in [9.17, 15) is 0 Å². The summed E-state index contributed by atoms with van der Waals surface area (Å²) in [4.78, 5) is 5.45. The van der Waals surface area contributed by atoms with E-state index in [4.69, 9.17) is 0 Å². The molecular formula is C15H30N2. The van der Waals surface area contributed by atoms with E-state index in [0.29, 0.717) is 5.41 Å². The maximum Gasteiger partial charge on any atom is 0.0223 e. The monoisotopic (exact) mass is 238 g/mol. The van der Waals surface area contributed by atoms with E-state index in [1.807, 2.05) is 0 Å². The Morgan fingerprint density at radius 2 is 1.59 bits per heavy atom. The van der Waals surface area contributed by atoms with Crippen LogP contribution in [0.25, 0.3) is 0 Å². The Balaban J connectivity index is 1.87. The van der Waals surface area contributed by atoms with E-state index in [1.165, 1.54) is 64.8 Å². The maximum absolute atomic E-state index is 2.77. The van der Waals surface area contributed by atoms with Crippen LogP contribution in [0.1, 0.15) is 52.9 Å². The molecule has 0 aromatic carbocycles. The summed E-state index contributed by atoms with van der Waals surface area (Å²) < 4.78 is 0. The zero-order chi connectivity index (χ0) is 12.3. The fraction of sp³-hybridized carbons (Fsp3) is 1.00. The van der Waals surface area contributed by atoms with Crippen LogP contribution in [0.15, 0.2) is 0 Å². The first-order chi connectivity index (χ1) is 8.04. The standard InChI is InChI=1S/C15H30N2/c1-15(2,3)13-17-11-5-4-8-14(17)12-16-9-6-7-10-16/h14H,4-13H2,1-3H3. The highest BCUT2D eigenvalue weighted by molar-refractivity contribution is 4.84. The van der Waals surface area contributed by atoms with Crippen molar-refractivity contribution < 1.29 is 0 Å². The predicted octanol–water partition coefficient (Wildman–Crippen LogP) is 2.98. The summed E-state index contributed by atoms with van der Waals surface area (Å²) in [6.07, 6.45) is 7.12. The molecule has 100 valence electrons. The van der Waals surface area contributed by atoms with Crippen LogP contribution in [0.2, 0.25) is 0 Å². The lowest BCUT2D eigenvalue weighted by Gasteiger charge is -2.41. The van der Waals surface area contributed by atoms with E-state index in [0.717, 1.165) is 6.04 Å². The van der Waals surface area contributed by atoms with Gasteiger partial charge in [-0.1, -0.05) is 27.2 Å². The average Bonchev–Trinajstić information content (AvgIpc) is 2.71. The number of piperidine rings is 1. The molecule has 17 heavy (non-hydrogen) atoms. The summed E-state index contributed by atoms with van der Waals surface area (Å²) in [5, 5.41) is 0. The van der Waals surface area contributed by atoms with E-state index < -0.39 is 0 Å². The first kappa shape index (κ1) is 13.4. The summed E-state index contributed by atoms with van der Waals surface area (Å²) >= 11 is 0. The van der Waals surface area contributed by atoms with Crippen molar-refractivity contribution in [3.8, 4) is 0 Å². The van der Waals surface area contributed by atoms with Crippen LogP contribution in [0, 0.1) is 5.41 Å². The summed E-state index contributed by atoms with van der Waals surface area (Å²) in [5.74, 6) is 0. The van der Waals surface area contributed by atoms with Crippen LogP contribution in [0.4, 0.5) is 0 Å². The largest absolute Gasteiger partial charge is 0.302 e. The fourth-order valence-corrected chi connectivity index (χ4v) is 3.35. The van der Waals surface area contributed by atoms with Gasteiger partial charge in [-0.2, -0.15) is 0 Å². The molecule has 1 unspecified atom stereocenters. The molecule has 1 atom stereocenters. The van der Waals surface area contributed by atoms with Gasteiger partial charge >= 0.3 is 0 Å². The van der Waals surface area contributed by atoms with Gasteiger partial charge in [0.05, 0.1) is 0 Å². The SMILES string of the molecule is CC(C)(C)CN1CCCCC1CN1CCCC1. The molecule has 0 N–H and O–H groups in total. The number of likely N-dealkylation sites (tertiary alicyclic amines) is 2. The molecule has 2 heteroatoms. The molecule has 2 aliphatic heterocycles. The van der Waals surface area contributed by atoms with Crippen LogP contribution in [-0.2, 0) is 0 Å². The van der Waals surface area contributed by atoms with Gasteiger partial charge in [0.25, 0.3) is 0 Å². The predicted molar refractivity (Wildman–Crippen MR) is 74.3 cm³/mol. The molecule has 0 amide bonds. The minimum absolute atomic E-state index is 0.445. The van der Waals surface area contributed by atoms with Crippen molar-refractivity contribution in [2.24, 2.45) is 5.41 Å². The first-order valence-electron chi connectivity index (χ1n) is 7.51. The lowest BCUT2D eigenvalue weighted by molar-refractivity contribution is 0.0798. The van der Waals surface area contributed by atoms with Crippen molar-refractivity contribution in [3.63, 3.8) is 0 Å². The highest BCUT2D eigenvalue weighted by Crippen LogP contribution is 2.24. The van der Waals surface area contributed by atoms with Gasteiger partial charge in [0.2, 0.25) is 0 Å². The van der Waals surface area contributed by atoms with Gasteiger partial charge in [0, 0.05) is 19.1 Å². The zero-order valence-corrected chi connectivity index (χ0v) is 12.0. The van der Waals surface area contributed by atoms with Gasteiger partial charge in [-0.15, -0.1) is 0 Å². The van der Waals surface area contributed by atoms with Crippen LogP contribution >= 0.6 is 0 Å². The Hall–Kier alpha value is -0.0800. The Labute approximate surface area is 107 Å². The van der Waals surface area contributed by atoms with E-state index in [-0.39, 0.29) is 0 Å². The quantitative estimate of drug-likeness (QED) is 0.746. The molecule has 0 saturated carbocycles. The van der Waals surface area contributed by atoms with Crippen molar-refractivity contribution >= 4 is 0 Å². The third kappa shape index (κ3) is 4.26. The number of hydrogen-bond donors (Lipinski definition) is 0. The molecule has 2 heterocycles. The fourth-order valence-electron chi connectivity index (χ4n) is 3.35. The molecule has 0 aliphatic carbocycles. The lowest BCUT2D eigenvalue weighted by atomic mass is 9.92. The third-order valence-corrected chi connectivity index (χ3v) is 4.09. The highest BCUT2D eigenvalue weighted by Gasteiger charge is 2.28. The molecule has 0 bridgehead atoms. The van der Waals surface area contributed by atoms with Gasteiger partial charge < -0.3 is 4.90 Å². The van der Waals surface area contributed by atoms with Gasteiger partial charge in [-0.05, 0) is 50.7 Å². The molecule has 0 aromatic heterocycles. The van der Waals surface area contributed by atoms with Crippen LogP contribution in [-0.4, -0.2) is 48.6 Å². The average molecular weight is 238 g/mol. The second-order valence-corrected chi connectivity index (χ2v) is 7.19. The molecule has 2 nitrogen and oxygen atoms in total. The van der Waals surface area contributed by atoms with Crippen LogP contribution < -0.4 is 0 Å². The molecule has 2 saturated heterocycles. The van der Waals surface area contributed by atoms with Crippen molar-refractivity contribution in [3.05, 3.63) is 0 Å². The molecule has 0 radical (unpaired) electrons. The van der Waals surface area contributed by atoms with Crippen molar-refractivity contribution in [2.45, 2.75) is 58.9 Å². The first-order valence-corrected chi connectivity index (χ1v) is 7.51. The minimum Gasteiger partial charge on any atom is -0.302 e. The molecule has 0 spiro atoms. The highest BCUT2D eigenvalue weighted by atomic mass is 15.2. The molecule has 2 rings (SSSR count). The second kappa shape index (κ2) is 5.71. The van der Waals surface area contributed by atoms with Gasteiger partial charge in [0.1, 0.15) is 0 Å². The van der Waals surface area contributed by atoms with Gasteiger partial charge in [0.15, 0.2) is 0 Å². The Morgan fingerprint density at radius 3 is 2.24 bits per heavy atom. The Morgan fingerprint density at radius 1 is 0.941 bits per heavy atom. The Bertz CT molecular complexity index is 226. The van der Waals surface area contributed by atoms with E-state index in [1.54, 1.807) is 0 Å². The summed E-state index contributed by atoms with van der Waals surface area (Å²) in [7, 11) is 0. The number of rotatable bonds is 3. The van der Waals surface area contributed by atoms with E-state index >= 15 is 0 Å². The van der Waals surface area contributed by atoms with Crippen molar-refractivity contribution in [1.82, 2.24) is 9.80 Å². The smallest absolute Gasteiger partial charge is 0.0223 e. The second-order valence-electron chi connectivity index (χ2n) is 7.19. The third-order valence-electron chi connectivity index (χ3n) is 4.09. The minimum atomic E-state index is 0.445. The Kier molecular flexibility index (Phi) is 4.48. The van der Waals surface area contributed by atoms with Crippen molar-refractivity contribution in [2.75, 3.05) is 32.7 Å². The van der Waals surface area contributed by atoms with Crippen molar-refractivity contribution in [1.29, 1.82) is 0 Å². The number of hydrogen-bond acceptors (Lipinski definition) is 2. The topological polar surface area (TPSA) is 6.48 Å². The molecule has 2 aliphatic rings. The molecule has 2 fully saturated rings. The summed E-state index contributed by atoms with van der Waals surface area (Å²) in [5.41, 5.74) is 0.445. The summed E-state index contributed by atoms with van der Waals surface area (Å²) in [6.45, 7) is 13.7. The van der Waals surface area contributed by atoms with Gasteiger partial charge in [-0.3, -0.25) is 4.90 Å². The molecular weight excluding hydrogens is 208 g/mol. The summed E-state index contributed by atoms with van der Waals surface area (Å²) in [6, 6.07) is 0.834. The molecule has 0 aromatic rings. The normalized spacial score (nSPS) is 28.8. The van der Waals surface area contributed by atoms with E-state index in [2.05, 4.69) is 30.6 Å². The lowest BCUT2D eigenvalue weighted by Crippen LogP contribution is -2.48. The van der Waals surface area contributed by atoms with Crippen LogP contribution in [0.5, 0.6) is 0 Å². The number of nitrogens with zero attached hydrogens (tertiary/aromatic N) is 2. The zero-order valence-electron chi connectivity index (χ0n) is 12.0. The maximum atomic E-state index is 2.77. The van der Waals surface area contributed by atoms with Crippen LogP contribution in [0.3, 0.4) is 0 Å². The van der Waals surface area contributed by atoms with Gasteiger partial charge in [-0.25, -0.2) is 0 Å².